The summed E-state index contributed by atoms with van der Waals surface area (Å²) < 4.78 is 29.4. The summed E-state index contributed by atoms with van der Waals surface area (Å²) in [6.07, 6.45) is 4.73. The molecule has 0 unspecified atom stereocenters. The second-order valence-electron chi connectivity index (χ2n) is 8.79. The average molecular weight is 479 g/mol. The highest BCUT2D eigenvalue weighted by atomic mass is 32.2. The number of aromatic nitrogens is 1. The normalized spacial score (nSPS) is 19.9. The lowest BCUT2D eigenvalue weighted by atomic mass is 9.80. The van der Waals surface area contributed by atoms with E-state index in [4.69, 9.17) is 9.94 Å². The van der Waals surface area contributed by atoms with Gasteiger partial charge in [-0.05, 0) is 67.9 Å². The Morgan fingerprint density at radius 2 is 1.88 bits per heavy atom. The molecule has 10 heteroatoms. The molecule has 1 aromatic heterocycles. The number of sulfone groups is 1. The molecule has 0 aliphatic heterocycles. The molecule has 2 aromatic rings. The van der Waals surface area contributed by atoms with Crippen LogP contribution in [-0.4, -0.2) is 52.9 Å². The Balaban J connectivity index is 1.63. The number of carbonyl (C=O) groups excluding carboxylic acids is 1. The number of aryl methyl sites for hydroxylation is 1. The van der Waals surface area contributed by atoms with Gasteiger partial charge in [-0.15, -0.1) is 0 Å². The zero-order valence-corrected chi connectivity index (χ0v) is 19.5. The fourth-order valence-electron chi connectivity index (χ4n) is 3.81. The predicted molar refractivity (Wildman–Crippen MR) is 123 cm³/mol. The maximum atomic E-state index is 12.6. The summed E-state index contributed by atoms with van der Waals surface area (Å²) in [5.74, 6) is 0.218. The third kappa shape index (κ3) is 5.82. The maximum absolute atomic E-state index is 12.6. The number of nitrogens with one attached hydrogen (secondary N) is 1. The van der Waals surface area contributed by atoms with E-state index in [1.807, 2.05) is 24.3 Å². The van der Waals surface area contributed by atoms with Crippen molar-refractivity contribution in [1.29, 1.82) is 0 Å². The monoisotopic (exact) mass is 478 g/mol. The van der Waals surface area contributed by atoms with Crippen LogP contribution in [0, 0.1) is 5.92 Å². The number of hydroxylamine groups is 1. The average Bonchev–Trinajstić information content (AvgIpc) is 2.75. The van der Waals surface area contributed by atoms with E-state index >= 15 is 0 Å². The Hall–Kier alpha value is -2.69. The Morgan fingerprint density at radius 1 is 1.21 bits per heavy atom. The van der Waals surface area contributed by atoms with Gasteiger partial charge in [0.15, 0.2) is 14.6 Å². The number of ether oxygens (including phenoxy) is 1. The molecule has 0 saturated heterocycles. The predicted octanol–water partition coefficient (Wildman–Crippen LogP) is 1.75. The van der Waals surface area contributed by atoms with Crippen LogP contribution in [0.2, 0.25) is 0 Å². The molecule has 180 valence electrons. The maximum Gasteiger partial charge on any atom is 0.264 e. The lowest BCUT2D eigenvalue weighted by Gasteiger charge is -2.31. The molecule has 0 spiro atoms. The first-order valence-electron chi connectivity index (χ1n) is 10.8. The molecular weight excluding hydrogens is 448 g/mol. The molecule has 1 aromatic carbocycles. The van der Waals surface area contributed by atoms with Gasteiger partial charge in [-0.2, -0.15) is 0 Å². The van der Waals surface area contributed by atoms with E-state index in [2.05, 4.69) is 0 Å². The van der Waals surface area contributed by atoms with E-state index in [-0.39, 0.29) is 24.6 Å². The smallest absolute Gasteiger partial charge is 0.264 e. The number of hydrogen-bond acceptors (Lipinski definition) is 7. The summed E-state index contributed by atoms with van der Waals surface area (Å²) in [6.45, 7) is 1.79. The molecule has 1 heterocycles. The lowest BCUT2D eigenvalue weighted by Crippen LogP contribution is -2.49. The zero-order valence-electron chi connectivity index (χ0n) is 18.7. The topological polar surface area (TPSA) is 135 Å². The largest absolute Gasteiger partial charge is 0.494 e. The Labute approximate surface area is 192 Å². The molecule has 1 amide bonds. The van der Waals surface area contributed by atoms with Crippen molar-refractivity contribution in [3.8, 4) is 16.9 Å². The second-order valence-corrected chi connectivity index (χ2v) is 11.2. The molecule has 9 nitrogen and oxygen atoms in total. The van der Waals surface area contributed by atoms with Gasteiger partial charge in [0.05, 0.1) is 12.7 Å². The standard InChI is InChI=1S/C23H30N2O7S/c1-23(22(28)24-29,33(2,30)31)9-11-25-10-7-18(15-21(25)27)17-3-5-20(6-4-17)32-12-8-16-13-19(26)14-16/h3-7,10,15-16,19,26,29H,8-9,11-14H2,1-2H3,(H,24,28)/t16?,19?,23-/m1/s1. The summed E-state index contributed by atoms with van der Waals surface area (Å²) in [5, 5.41) is 18.2. The molecule has 3 N–H and O–H groups in total. The summed E-state index contributed by atoms with van der Waals surface area (Å²) in [6, 6.07) is 10.6. The molecule has 1 fully saturated rings. The van der Waals surface area contributed by atoms with Gasteiger partial charge in [0.1, 0.15) is 5.75 Å². The molecule has 33 heavy (non-hydrogen) atoms. The second kappa shape index (κ2) is 10.1. The number of amides is 1. The van der Waals surface area contributed by atoms with E-state index in [0.717, 1.165) is 36.8 Å². The number of benzene rings is 1. The van der Waals surface area contributed by atoms with Crippen LogP contribution in [0.15, 0.2) is 47.4 Å². The first-order valence-corrected chi connectivity index (χ1v) is 12.7. The number of pyridine rings is 1. The molecule has 0 radical (unpaired) electrons. The number of hydrogen-bond donors (Lipinski definition) is 3. The first kappa shape index (κ1) is 24.9. The Morgan fingerprint density at radius 3 is 2.42 bits per heavy atom. The van der Waals surface area contributed by atoms with Gasteiger partial charge in [0.2, 0.25) is 0 Å². The number of carbonyl (C=O) groups is 1. The van der Waals surface area contributed by atoms with Crippen molar-refractivity contribution in [3.63, 3.8) is 0 Å². The Kier molecular flexibility index (Phi) is 7.61. The number of aliphatic hydroxyl groups excluding tert-OH is 1. The fourth-order valence-corrected chi connectivity index (χ4v) is 4.66. The van der Waals surface area contributed by atoms with Crippen LogP contribution in [0.1, 0.15) is 32.6 Å². The van der Waals surface area contributed by atoms with Crippen molar-refractivity contribution in [2.45, 2.75) is 50.0 Å². The molecule has 3 rings (SSSR count). The van der Waals surface area contributed by atoms with Gasteiger partial charge in [-0.1, -0.05) is 12.1 Å². The van der Waals surface area contributed by atoms with Crippen LogP contribution in [0.4, 0.5) is 0 Å². The molecular formula is C23H30N2O7S. The highest BCUT2D eigenvalue weighted by Gasteiger charge is 2.43. The van der Waals surface area contributed by atoms with Gasteiger partial charge in [-0.3, -0.25) is 14.8 Å². The molecule has 1 aliphatic carbocycles. The number of aliphatic hydroxyl groups is 1. The molecule has 1 atom stereocenters. The molecule has 0 bridgehead atoms. The quantitative estimate of drug-likeness (QED) is 0.350. The van der Waals surface area contributed by atoms with Crippen LogP contribution in [0.25, 0.3) is 11.1 Å². The van der Waals surface area contributed by atoms with E-state index in [1.165, 1.54) is 23.0 Å². The highest BCUT2D eigenvalue weighted by Crippen LogP contribution is 2.30. The van der Waals surface area contributed by atoms with E-state index in [1.54, 1.807) is 12.3 Å². The summed E-state index contributed by atoms with van der Waals surface area (Å²) in [5.41, 5.74) is 2.59. The van der Waals surface area contributed by atoms with Crippen LogP contribution < -0.4 is 15.8 Å². The Bertz CT molecular complexity index is 1140. The van der Waals surface area contributed by atoms with E-state index in [0.29, 0.717) is 18.1 Å². The van der Waals surface area contributed by atoms with Crippen molar-refractivity contribution in [2.75, 3.05) is 12.9 Å². The third-order valence-corrected chi connectivity index (χ3v) is 8.45. The summed E-state index contributed by atoms with van der Waals surface area (Å²) >= 11 is 0. The van der Waals surface area contributed by atoms with Crippen molar-refractivity contribution >= 4 is 15.7 Å². The van der Waals surface area contributed by atoms with E-state index < -0.39 is 20.5 Å². The SMILES string of the molecule is C[C@@](CCn1ccc(-c2ccc(OCCC3CC(O)C3)cc2)cc1=O)(C(=O)NO)S(C)(=O)=O. The third-order valence-electron chi connectivity index (χ3n) is 6.42. The van der Waals surface area contributed by atoms with Gasteiger partial charge in [0, 0.05) is 25.1 Å². The van der Waals surface area contributed by atoms with Crippen LogP contribution in [0.5, 0.6) is 5.75 Å². The van der Waals surface area contributed by atoms with Gasteiger partial charge in [-0.25, -0.2) is 13.9 Å². The minimum atomic E-state index is -3.84. The minimum absolute atomic E-state index is 0.0130. The van der Waals surface area contributed by atoms with Crippen molar-refractivity contribution < 1.29 is 28.3 Å². The van der Waals surface area contributed by atoms with Crippen LogP contribution >= 0.6 is 0 Å². The van der Waals surface area contributed by atoms with E-state index in [9.17, 15) is 23.1 Å². The van der Waals surface area contributed by atoms with Crippen molar-refractivity contribution in [3.05, 3.63) is 52.9 Å². The zero-order chi connectivity index (χ0) is 24.2. The fraction of sp³-hybridized carbons (Fsp3) is 0.478. The minimum Gasteiger partial charge on any atom is -0.494 e. The number of nitrogens with zero attached hydrogens (tertiary/aromatic N) is 1. The highest BCUT2D eigenvalue weighted by molar-refractivity contribution is 7.92. The van der Waals surface area contributed by atoms with Crippen LogP contribution in [-0.2, 0) is 21.2 Å². The van der Waals surface area contributed by atoms with Crippen molar-refractivity contribution in [2.24, 2.45) is 5.92 Å². The van der Waals surface area contributed by atoms with Gasteiger partial charge >= 0.3 is 0 Å². The van der Waals surface area contributed by atoms with Crippen molar-refractivity contribution in [1.82, 2.24) is 10.0 Å². The lowest BCUT2D eigenvalue weighted by molar-refractivity contribution is -0.131. The summed E-state index contributed by atoms with van der Waals surface area (Å²) in [4.78, 5) is 24.5. The molecule has 1 saturated carbocycles. The number of rotatable bonds is 10. The first-order chi connectivity index (χ1) is 15.5. The van der Waals surface area contributed by atoms with Gasteiger partial charge in [0.25, 0.3) is 11.5 Å². The molecule has 1 aliphatic rings. The van der Waals surface area contributed by atoms with Gasteiger partial charge < -0.3 is 14.4 Å². The summed E-state index contributed by atoms with van der Waals surface area (Å²) in [7, 11) is -3.84. The van der Waals surface area contributed by atoms with Crippen LogP contribution in [0.3, 0.4) is 0 Å².